The molecule has 19 heavy (non-hydrogen) atoms. The number of pyridine rings is 1. The first-order valence-corrected chi connectivity index (χ1v) is 6.40. The van der Waals surface area contributed by atoms with Gasteiger partial charge in [-0.05, 0) is 12.1 Å². The molecule has 0 saturated heterocycles. The van der Waals surface area contributed by atoms with Crippen LogP contribution in [0.1, 0.15) is 25.9 Å². The summed E-state index contributed by atoms with van der Waals surface area (Å²) in [6, 6.07) is 2.74. The van der Waals surface area contributed by atoms with E-state index in [0.717, 1.165) is 11.2 Å². The monoisotopic (exact) mass is 277 g/mol. The van der Waals surface area contributed by atoms with Crippen molar-refractivity contribution in [1.82, 2.24) is 15.3 Å². The second-order valence-electron chi connectivity index (χ2n) is 3.67. The molecular formula is C12H11N3O3S. The van der Waals surface area contributed by atoms with Crippen LogP contribution in [0.4, 0.5) is 0 Å². The summed E-state index contributed by atoms with van der Waals surface area (Å²) >= 11 is 1.53. The number of aromatic carboxylic acids is 1. The highest BCUT2D eigenvalue weighted by Crippen LogP contribution is 2.04. The number of carbonyl (C=O) groups is 2. The maximum Gasteiger partial charge on any atom is 0.337 e. The maximum atomic E-state index is 11.7. The Hall–Kier alpha value is -2.28. The minimum Gasteiger partial charge on any atom is -0.478 e. The highest BCUT2D eigenvalue weighted by atomic mass is 32.1. The number of carboxylic acids is 1. The summed E-state index contributed by atoms with van der Waals surface area (Å²) in [5.74, 6) is -1.39. The molecule has 0 aliphatic rings. The van der Waals surface area contributed by atoms with Gasteiger partial charge in [-0.1, -0.05) is 0 Å². The van der Waals surface area contributed by atoms with Crippen molar-refractivity contribution in [2.75, 3.05) is 6.54 Å². The van der Waals surface area contributed by atoms with Crippen LogP contribution < -0.4 is 5.32 Å². The van der Waals surface area contributed by atoms with Gasteiger partial charge in [0.1, 0.15) is 5.69 Å². The number of hydrogen-bond donors (Lipinski definition) is 2. The summed E-state index contributed by atoms with van der Waals surface area (Å²) in [5, 5.41) is 14.3. The molecule has 2 aromatic heterocycles. The molecule has 2 rings (SSSR count). The number of carbonyl (C=O) groups excluding carboxylic acids is 1. The van der Waals surface area contributed by atoms with Crippen LogP contribution in [0.25, 0.3) is 0 Å². The number of rotatable bonds is 5. The van der Waals surface area contributed by atoms with Gasteiger partial charge in [0.05, 0.1) is 10.6 Å². The van der Waals surface area contributed by atoms with Gasteiger partial charge < -0.3 is 10.4 Å². The molecule has 0 aliphatic heterocycles. The second kappa shape index (κ2) is 6.05. The molecule has 98 valence electrons. The van der Waals surface area contributed by atoms with Crippen molar-refractivity contribution in [3.05, 3.63) is 46.2 Å². The maximum absolute atomic E-state index is 11.7. The Balaban J connectivity index is 1.87. The Bertz CT molecular complexity index is 566. The summed E-state index contributed by atoms with van der Waals surface area (Å²) in [6.45, 7) is 0.467. The summed E-state index contributed by atoms with van der Waals surface area (Å²) in [7, 11) is 0. The summed E-state index contributed by atoms with van der Waals surface area (Å²) in [4.78, 5) is 30.3. The van der Waals surface area contributed by atoms with E-state index in [1.807, 2.05) is 5.38 Å². The first kappa shape index (κ1) is 13.2. The first-order chi connectivity index (χ1) is 9.16. The smallest absolute Gasteiger partial charge is 0.337 e. The Morgan fingerprint density at radius 3 is 2.74 bits per heavy atom. The van der Waals surface area contributed by atoms with Gasteiger partial charge in [0.2, 0.25) is 0 Å². The van der Waals surface area contributed by atoms with Crippen molar-refractivity contribution in [1.29, 1.82) is 0 Å². The normalized spacial score (nSPS) is 10.1. The van der Waals surface area contributed by atoms with Crippen LogP contribution in [0.5, 0.6) is 0 Å². The number of aromatic nitrogens is 2. The van der Waals surface area contributed by atoms with Gasteiger partial charge in [-0.2, -0.15) is 0 Å². The number of hydrogen-bond acceptors (Lipinski definition) is 5. The lowest BCUT2D eigenvalue weighted by atomic mass is 10.2. The quantitative estimate of drug-likeness (QED) is 0.857. The van der Waals surface area contributed by atoms with E-state index in [-0.39, 0.29) is 17.2 Å². The molecule has 0 bridgehead atoms. The lowest BCUT2D eigenvalue weighted by molar-refractivity contribution is 0.0695. The van der Waals surface area contributed by atoms with Crippen molar-refractivity contribution in [3.8, 4) is 0 Å². The van der Waals surface area contributed by atoms with Crippen LogP contribution in [0, 0.1) is 0 Å². The molecule has 0 fully saturated rings. The van der Waals surface area contributed by atoms with Gasteiger partial charge in [-0.25, -0.2) is 9.78 Å². The number of nitrogens with one attached hydrogen (secondary N) is 1. The average molecular weight is 277 g/mol. The van der Waals surface area contributed by atoms with Crippen LogP contribution in [-0.4, -0.2) is 33.5 Å². The van der Waals surface area contributed by atoms with Gasteiger partial charge in [0.15, 0.2) is 0 Å². The van der Waals surface area contributed by atoms with Gasteiger partial charge in [0, 0.05) is 30.7 Å². The largest absolute Gasteiger partial charge is 0.478 e. The summed E-state index contributed by atoms with van der Waals surface area (Å²) in [5.41, 5.74) is 0.253. The predicted molar refractivity (Wildman–Crippen MR) is 69.3 cm³/mol. The third-order valence-electron chi connectivity index (χ3n) is 2.35. The standard InChI is InChI=1S/C12H11N3O3S/c16-11(14-4-3-10-13-5-6-19-10)9-2-1-8(7-15-9)12(17)18/h1-2,5-7H,3-4H2,(H,14,16)(H,17,18). The van der Waals surface area contributed by atoms with Crippen molar-refractivity contribution in [2.45, 2.75) is 6.42 Å². The molecule has 0 aromatic carbocycles. The van der Waals surface area contributed by atoms with Gasteiger partial charge >= 0.3 is 5.97 Å². The fraction of sp³-hybridized carbons (Fsp3) is 0.167. The van der Waals surface area contributed by atoms with E-state index >= 15 is 0 Å². The fourth-order valence-corrected chi connectivity index (χ4v) is 2.03. The Labute approximate surface area is 113 Å². The van der Waals surface area contributed by atoms with Crippen LogP contribution >= 0.6 is 11.3 Å². The van der Waals surface area contributed by atoms with Gasteiger partial charge in [-0.15, -0.1) is 11.3 Å². The number of carboxylic acid groups (broad SMARTS) is 1. The lowest BCUT2D eigenvalue weighted by Gasteiger charge is -2.03. The number of nitrogens with zero attached hydrogens (tertiary/aromatic N) is 2. The molecule has 0 saturated carbocycles. The van der Waals surface area contributed by atoms with E-state index < -0.39 is 5.97 Å². The van der Waals surface area contributed by atoms with Gasteiger partial charge in [-0.3, -0.25) is 9.78 Å². The third-order valence-corrected chi connectivity index (χ3v) is 3.19. The molecule has 7 heteroatoms. The van der Waals surface area contributed by atoms with E-state index in [4.69, 9.17) is 5.11 Å². The molecule has 0 atom stereocenters. The van der Waals surface area contributed by atoms with Crippen LogP contribution in [-0.2, 0) is 6.42 Å². The van der Waals surface area contributed by atoms with Crippen LogP contribution in [0.15, 0.2) is 29.9 Å². The fourth-order valence-electron chi connectivity index (χ4n) is 1.40. The average Bonchev–Trinajstić information content (AvgIpc) is 2.92. The summed E-state index contributed by atoms with van der Waals surface area (Å²) < 4.78 is 0. The van der Waals surface area contributed by atoms with Gasteiger partial charge in [0.25, 0.3) is 5.91 Å². The molecular weight excluding hydrogens is 266 g/mol. The van der Waals surface area contributed by atoms with E-state index in [1.54, 1.807) is 6.20 Å². The van der Waals surface area contributed by atoms with Crippen molar-refractivity contribution < 1.29 is 14.7 Å². The Morgan fingerprint density at radius 1 is 1.32 bits per heavy atom. The predicted octanol–water partition coefficient (Wildman–Crippen LogP) is 1.21. The molecule has 2 aromatic rings. The molecule has 1 amide bonds. The van der Waals surface area contributed by atoms with Crippen molar-refractivity contribution >= 4 is 23.2 Å². The molecule has 2 heterocycles. The van der Waals surface area contributed by atoms with E-state index in [0.29, 0.717) is 13.0 Å². The number of amides is 1. The zero-order chi connectivity index (χ0) is 13.7. The highest BCUT2D eigenvalue weighted by Gasteiger charge is 2.09. The SMILES string of the molecule is O=C(O)c1ccc(C(=O)NCCc2nccs2)nc1. The van der Waals surface area contributed by atoms with Crippen LogP contribution in [0.3, 0.4) is 0 Å². The van der Waals surface area contributed by atoms with Crippen molar-refractivity contribution in [3.63, 3.8) is 0 Å². The zero-order valence-electron chi connectivity index (χ0n) is 9.87. The van der Waals surface area contributed by atoms with E-state index in [2.05, 4.69) is 15.3 Å². The molecule has 0 aliphatic carbocycles. The molecule has 6 nitrogen and oxygen atoms in total. The third kappa shape index (κ3) is 3.59. The second-order valence-corrected chi connectivity index (χ2v) is 4.65. The van der Waals surface area contributed by atoms with Crippen molar-refractivity contribution in [2.24, 2.45) is 0 Å². The van der Waals surface area contributed by atoms with Crippen LogP contribution in [0.2, 0.25) is 0 Å². The molecule has 0 unspecified atom stereocenters. The minimum atomic E-state index is -1.07. The summed E-state index contributed by atoms with van der Waals surface area (Å²) in [6.07, 6.45) is 3.54. The zero-order valence-corrected chi connectivity index (χ0v) is 10.7. The van der Waals surface area contributed by atoms with E-state index in [9.17, 15) is 9.59 Å². The molecule has 2 N–H and O–H groups in total. The van der Waals surface area contributed by atoms with E-state index in [1.165, 1.54) is 23.5 Å². The molecule has 0 radical (unpaired) electrons. The number of thiazole rings is 1. The molecule has 0 spiro atoms. The minimum absolute atomic E-state index is 0.0549. The first-order valence-electron chi connectivity index (χ1n) is 5.53. The topological polar surface area (TPSA) is 92.2 Å². The highest BCUT2D eigenvalue weighted by molar-refractivity contribution is 7.09. The lowest BCUT2D eigenvalue weighted by Crippen LogP contribution is -2.26. The Kier molecular flexibility index (Phi) is 4.19. The Morgan fingerprint density at radius 2 is 2.16 bits per heavy atom.